The number of phenolic OH excluding ortho intramolecular Hbond substituents is 1. The topological polar surface area (TPSA) is 29.5 Å². The highest BCUT2D eigenvalue weighted by Crippen LogP contribution is 2.42. The third-order valence-corrected chi connectivity index (χ3v) is 4.39. The number of aromatic hydroxyl groups is 1. The molecule has 1 unspecified atom stereocenters. The van der Waals surface area contributed by atoms with Crippen LogP contribution in [0.15, 0.2) is 42.5 Å². The van der Waals surface area contributed by atoms with Crippen molar-refractivity contribution in [3.63, 3.8) is 0 Å². The molecule has 0 aliphatic carbocycles. The Morgan fingerprint density at radius 2 is 1.25 bits per heavy atom. The van der Waals surface area contributed by atoms with Gasteiger partial charge in [-0.3, -0.25) is 0 Å². The summed E-state index contributed by atoms with van der Waals surface area (Å²) in [5, 5.41) is 10.9. The lowest BCUT2D eigenvalue weighted by atomic mass is 9.77. The second-order valence-corrected chi connectivity index (χ2v) is 8.49. The molecule has 2 heteroatoms. The van der Waals surface area contributed by atoms with Gasteiger partial charge in [0.15, 0.2) is 0 Å². The standard InChI is InChI=1S/C22H30O2/c1-21(2,3)17-13-16(14-18(19(17)23)22(4,5)6)20(24-7)15-11-9-8-10-12-15/h8-14,20,23H,1-7H3. The van der Waals surface area contributed by atoms with Crippen LogP contribution in [-0.4, -0.2) is 12.2 Å². The molecule has 0 amide bonds. The number of ether oxygens (including phenoxy) is 1. The smallest absolute Gasteiger partial charge is 0.123 e. The van der Waals surface area contributed by atoms with E-state index in [1.807, 2.05) is 18.2 Å². The monoisotopic (exact) mass is 326 g/mol. The van der Waals surface area contributed by atoms with Crippen molar-refractivity contribution >= 4 is 0 Å². The van der Waals surface area contributed by atoms with Gasteiger partial charge in [0, 0.05) is 7.11 Å². The Kier molecular flexibility index (Phi) is 5.10. The van der Waals surface area contributed by atoms with E-state index in [9.17, 15) is 5.11 Å². The quantitative estimate of drug-likeness (QED) is 0.781. The summed E-state index contributed by atoms with van der Waals surface area (Å²) in [6.07, 6.45) is -0.144. The fourth-order valence-corrected chi connectivity index (χ4v) is 3.04. The first-order valence-electron chi connectivity index (χ1n) is 8.51. The van der Waals surface area contributed by atoms with E-state index in [0.29, 0.717) is 5.75 Å². The Bertz CT molecular complexity index is 653. The number of hydrogen-bond donors (Lipinski definition) is 1. The molecule has 0 aromatic heterocycles. The third kappa shape index (κ3) is 3.81. The second kappa shape index (κ2) is 6.60. The molecule has 130 valence electrons. The zero-order valence-corrected chi connectivity index (χ0v) is 16.0. The summed E-state index contributed by atoms with van der Waals surface area (Å²) in [6.45, 7) is 12.8. The summed E-state index contributed by atoms with van der Waals surface area (Å²) >= 11 is 0. The van der Waals surface area contributed by atoms with E-state index in [0.717, 1.165) is 22.3 Å². The minimum Gasteiger partial charge on any atom is -0.507 e. The van der Waals surface area contributed by atoms with Crippen molar-refractivity contribution in [3.8, 4) is 5.75 Å². The number of benzene rings is 2. The van der Waals surface area contributed by atoms with Crippen LogP contribution in [0.5, 0.6) is 5.75 Å². The lowest BCUT2D eigenvalue weighted by molar-refractivity contribution is 0.136. The minimum atomic E-state index is -0.144. The number of hydrogen-bond acceptors (Lipinski definition) is 2. The molecule has 0 spiro atoms. The lowest BCUT2D eigenvalue weighted by Gasteiger charge is -2.29. The first-order valence-corrected chi connectivity index (χ1v) is 8.51. The summed E-state index contributed by atoms with van der Waals surface area (Å²) in [6, 6.07) is 14.4. The molecule has 0 fully saturated rings. The molecule has 1 atom stereocenters. The van der Waals surface area contributed by atoms with E-state index in [-0.39, 0.29) is 16.9 Å². The molecule has 0 bridgehead atoms. The van der Waals surface area contributed by atoms with E-state index in [2.05, 4.69) is 65.8 Å². The number of rotatable bonds is 3. The van der Waals surface area contributed by atoms with Gasteiger partial charge in [-0.05, 0) is 45.2 Å². The van der Waals surface area contributed by atoms with E-state index < -0.39 is 0 Å². The average molecular weight is 326 g/mol. The van der Waals surface area contributed by atoms with Crippen molar-refractivity contribution in [1.29, 1.82) is 0 Å². The van der Waals surface area contributed by atoms with Crippen LogP contribution in [-0.2, 0) is 15.6 Å². The van der Waals surface area contributed by atoms with Crippen molar-refractivity contribution in [2.75, 3.05) is 7.11 Å². The van der Waals surface area contributed by atoms with E-state index in [4.69, 9.17) is 4.74 Å². The van der Waals surface area contributed by atoms with Crippen molar-refractivity contribution in [1.82, 2.24) is 0 Å². The summed E-state index contributed by atoms with van der Waals surface area (Å²) in [7, 11) is 1.73. The predicted octanol–water partition coefficient (Wildman–Crippen LogP) is 5.72. The van der Waals surface area contributed by atoms with Gasteiger partial charge in [0.25, 0.3) is 0 Å². The van der Waals surface area contributed by atoms with Crippen LogP contribution < -0.4 is 0 Å². The molecule has 0 aliphatic heterocycles. The summed E-state index contributed by atoms with van der Waals surface area (Å²) in [4.78, 5) is 0. The molecule has 1 N–H and O–H groups in total. The summed E-state index contributed by atoms with van der Waals surface area (Å²) in [5.74, 6) is 0.404. The van der Waals surface area contributed by atoms with E-state index >= 15 is 0 Å². The van der Waals surface area contributed by atoms with Crippen LogP contribution in [0.3, 0.4) is 0 Å². The van der Waals surface area contributed by atoms with E-state index in [1.54, 1.807) is 7.11 Å². The van der Waals surface area contributed by atoms with Gasteiger partial charge in [0.05, 0.1) is 0 Å². The van der Waals surface area contributed by atoms with Gasteiger partial charge in [-0.15, -0.1) is 0 Å². The Labute approximate surface area is 146 Å². The molecular formula is C22H30O2. The maximum Gasteiger partial charge on any atom is 0.123 e. The largest absolute Gasteiger partial charge is 0.507 e. The van der Waals surface area contributed by atoms with Gasteiger partial charge in [-0.2, -0.15) is 0 Å². The first kappa shape index (κ1) is 18.5. The molecule has 0 saturated carbocycles. The van der Waals surface area contributed by atoms with Crippen molar-refractivity contribution in [3.05, 3.63) is 64.7 Å². The maximum absolute atomic E-state index is 10.9. The van der Waals surface area contributed by atoms with Crippen molar-refractivity contribution in [2.24, 2.45) is 0 Å². The molecule has 0 heterocycles. The molecule has 0 saturated heterocycles. The maximum atomic E-state index is 10.9. The minimum absolute atomic E-state index is 0.144. The SMILES string of the molecule is COC(c1ccccc1)c1cc(C(C)(C)C)c(O)c(C(C)(C)C)c1. The fraction of sp³-hybridized carbons (Fsp3) is 0.455. The van der Waals surface area contributed by atoms with Crippen LogP contribution >= 0.6 is 0 Å². The highest BCUT2D eigenvalue weighted by atomic mass is 16.5. The Morgan fingerprint density at radius 3 is 1.62 bits per heavy atom. The van der Waals surface area contributed by atoms with Gasteiger partial charge < -0.3 is 9.84 Å². The molecule has 2 aromatic rings. The summed E-state index contributed by atoms with van der Waals surface area (Å²) in [5.41, 5.74) is 3.83. The molecule has 0 radical (unpaired) electrons. The van der Waals surface area contributed by atoms with Crippen LogP contribution in [0, 0.1) is 0 Å². The second-order valence-electron chi connectivity index (χ2n) is 8.49. The molecule has 2 nitrogen and oxygen atoms in total. The van der Waals surface area contributed by atoms with E-state index in [1.165, 1.54) is 0 Å². The summed E-state index contributed by atoms with van der Waals surface area (Å²) < 4.78 is 5.82. The Hall–Kier alpha value is -1.80. The molecular weight excluding hydrogens is 296 g/mol. The van der Waals surface area contributed by atoms with Crippen molar-refractivity contribution in [2.45, 2.75) is 58.5 Å². The van der Waals surface area contributed by atoms with Gasteiger partial charge >= 0.3 is 0 Å². The first-order chi connectivity index (χ1) is 11.1. The number of methoxy groups -OCH3 is 1. The predicted molar refractivity (Wildman–Crippen MR) is 101 cm³/mol. The van der Waals surface area contributed by atoms with Gasteiger partial charge in [-0.1, -0.05) is 71.9 Å². The molecule has 2 aromatic carbocycles. The average Bonchev–Trinajstić information content (AvgIpc) is 2.48. The number of phenols is 1. The highest BCUT2D eigenvalue weighted by Gasteiger charge is 2.28. The van der Waals surface area contributed by atoms with Crippen molar-refractivity contribution < 1.29 is 9.84 Å². The molecule has 24 heavy (non-hydrogen) atoms. The van der Waals surface area contributed by atoms with Gasteiger partial charge in [0.1, 0.15) is 11.9 Å². The Morgan fingerprint density at radius 1 is 0.792 bits per heavy atom. The normalized spacial score (nSPS) is 13.8. The Balaban J connectivity index is 2.70. The third-order valence-electron chi connectivity index (χ3n) is 4.39. The van der Waals surface area contributed by atoms with Gasteiger partial charge in [-0.25, -0.2) is 0 Å². The lowest BCUT2D eigenvalue weighted by Crippen LogP contribution is -2.19. The zero-order valence-electron chi connectivity index (χ0n) is 16.0. The fourth-order valence-electron chi connectivity index (χ4n) is 3.04. The molecule has 2 rings (SSSR count). The molecule has 0 aliphatic rings. The van der Waals surface area contributed by atoms with Crippen LogP contribution in [0.25, 0.3) is 0 Å². The zero-order chi connectivity index (χ0) is 18.1. The van der Waals surface area contributed by atoms with Crippen LogP contribution in [0.4, 0.5) is 0 Å². The van der Waals surface area contributed by atoms with Crippen LogP contribution in [0.1, 0.15) is 69.9 Å². The van der Waals surface area contributed by atoms with Gasteiger partial charge in [0.2, 0.25) is 0 Å². The van der Waals surface area contributed by atoms with Crippen LogP contribution in [0.2, 0.25) is 0 Å². The highest BCUT2D eigenvalue weighted by molar-refractivity contribution is 5.51.